The normalized spacial score (nSPS) is 12.9. The quantitative estimate of drug-likeness (QED) is 0.176. The van der Waals surface area contributed by atoms with Crippen molar-refractivity contribution in [3.05, 3.63) is 151 Å². The highest BCUT2D eigenvalue weighted by Gasteiger charge is 2.43. The van der Waals surface area contributed by atoms with E-state index in [4.69, 9.17) is 0 Å². The Labute approximate surface area is 273 Å². The summed E-state index contributed by atoms with van der Waals surface area (Å²) in [6, 6.07) is 51.9. The minimum absolute atomic E-state index is 0.0994. The molecule has 0 unspecified atom stereocenters. The second kappa shape index (κ2) is 8.93. The molecule has 0 saturated heterocycles. The number of para-hydroxylation sites is 2. The Morgan fingerprint density at radius 3 is 1.89 bits per heavy atom. The van der Waals surface area contributed by atoms with E-state index in [9.17, 15) is 0 Å². The fourth-order valence-electron chi connectivity index (χ4n) is 9.26. The molecule has 11 rings (SSSR count). The van der Waals surface area contributed by atoms with Gasteiger partial charge in [0.1, 0.15) is 0 Å². The Morgan fingerprint density at radius 2 is 1.11 bits per heavy atom. The topological polar surface area (TPSA) is 9.86 Å². The van der Waals surface area contributed by atoms with E-state index in [1.165, 1.54) is 105 Å². The summed E-state index contributed by atoms with van der Waals surface area (Å²) in [5.41, 5.74) is 18.5. The number of rotatable bonds is 2. The molecular formula is C44H29BN2. The summed E-state index contributed by atoms with van der Waals surface area (Å²) in [6.07, 6.45) is 0. The lowest BCUT2D eigenvalue weighted by molar-refractivity contribution is 1.08. The van der Waals surface area contributed by atoms with Crippen LogP contribution in [0.15, 0.2) is 140 Å². The highest BCUT2D eigenvalue weighted by molar-refractivity contribution is 7.01. The van der Waals surface area contributed by atoms with Crippen LogP contribution in [0.2, 0.25) is 0 Å². The standard InChI is InChI=1S/C44H29BN2/c1-26-24-27(2)41-39-40(26)46-36-23-12-11-20-32(36)33-21-13-22-35(43(33)46)45(39)38-31-19-10-9-18-30(31)25-34-37(28-14-5-3-6-15-28)42(47(41)44(34)38)29-16-7-4-8-17-29/h3-25H,1-2H3. The van der Waals surface area contributed by atoms with Crippen molar-refractivity contribution in [2.45, 2.75) is 13.8 Å². The number of aromatic nitrogens is 2. The van der Waals surface area contributed by atoms with Gasteiger partial charge in [-0.1, -0.05) is 127 Å². The highest BCUT2D eigenvalue weighted by atomic mass is 15.0. The molecule has 0 saturated carbocycles. The van der Waals surface area contributed by atoms with Gasteiger partial charge in [-0.15, -0.1) is 0 Å². The van der Waals surface area contributed by atoms with E-state index in [1.54, 1.807) is 0 Å². The lowest BCUT2D eigenvalue weighted by Gasteiger charge is -2.36. The van der Waals surface area contributed by atoms with Crippen molar-refractivity contribution < 1.29 is 0 Å². The summed E-state index contributed by atoms with van der Waals surface area (Å²) in [7, 11) is 0. The summed E-state index contributed by atoms with van der Waals surface area (Å²) < 4.78 is 5.23. The van der Waals surface area contributed by atoms with E-state index >= 15 is 0 Å². The fourth-order valence-corrected chi connectivity index (χ4v) is 9.26. The van der Waals surface area contributed by atoms with Gasteiger partial charge in [-0.2, -0.15) is 0 Å². The predicted molar refractivity (Wildman–Crippen MR) is 200 cm³/mol. The molecule has 0 radical (unpaired) electrons. The molecule has 0 N–H and O–H groups in total. The average Bonchev–Trinajstić information content (AvgIpc) is 3.63. The van der Waals surface area contributed by atoms with Crippen LogP contribution >= 0.6 is 0 Å². The molecule has 0 spiro atoms. The van der Waals surface area contributed by atoms with Gasteiger partial charge in [0.2, 0.25) is 0 Å². The van der Waals surface area contributed by atoms with Gasteiger partial charge in [-0.25, -0.2) is 0 Å². The van der Waals surface area contributed by atoms with Gasteiger partial charge in [0.05, 0.1) is 16.7 Å². The number of aryl methyl sites for hydroxylation is 2. The van der Waals surface area contributed by atoms with Crippen LogP contribution in [0.3, 0.4) is 0 Å². The van der Waals surface area contributed by atoms with Crippen LogP contribution in [0.25, 0.3) is 77.2 Å². The van der Waals surface area contributed by atoms with Gasteiger partial charge < -0.3 is 9.13 Å². The Balaban J connectivity index is 1.45. The molecule has 7 aromatic carbocycles. The smallest absolute Gasteiger partial charge is 0.253 e. The second-order valence-corrected chi connectivity index (χ2v) is 13.3. The summed E-state index contributed by atoms with van der Waals surface area (Å²) in [5, 5.41) is 6.58. The van der Waals surface area contributed by atoms with E-state index in [0.29, 0.717) is 0 Å². The zero-order valence-electron chi connectivity index (χ0n) is 26.3. The van der Waals surface area contributed by atoms with Crippen molar-refractivity contribution >= 4 is 66.6 Å². The van der Waals surface area contributed by atoms with Crippen molar-refractivity contribution in [1.29, 1.82) is 0 Å². The Bertz CT molecular complexity index is 2800. The molecule has 2 aliphatic rings. The molecular weight excluding hydrogens is 567 g/mol. The third kappa shape index (κ3) is 3.07. The molecule has 2 aliphatic heterocycles. The molecule has 0 amide bonds. The van der Waals surface area contributed by atoms with Crippen LogP contribution in [0.4, 0.5) is 0 Å². The van der Waals surface area contributed by atoms with E-state index in [-0.39, 0.29) is 6.71 Å². The van der Waals surface area contributed by atoms with Gasteiger partial charge in [-0.05, 0) is 75.4 Å². The van der Waals surface area contributed by atoms with Gasteiger partial charge >= 0.3 is 0 Å². The van der Waals surface area contributed by atoms with Crippen LogP contribution in [-0.4, -0.2) is 15.8 Å². The number of hydrogen-bond acceptors (Lipinski definition) is 0. The molecule has 2 nitrogen and oxygen atoms in total. The third-order valence-corrected chi connectivity index (χ3v) is 10.9. The molecule has 9 aromatic rings. The van der Waals surface area contributed by atoms with E-state index in [2.05, 4.69) is 163 Å². The van der Waals surface area contributed by atoms with Gasteiger partial charge in [-0.3, -0.25) is 0 Å². The first kappa shape index (κ1) is 25.4. The van der Waals surface area contributed by atoms with E-state index in [0.717, 1.165) is 0 Å². The van der Waals surface area contributed by atoms with Crippen molar-refractivity contribution in [3.63, 3.8) is 0 Å². The molecule has 218 valence electrons. The van der Waals surface area contributed by atoms with Crippen LogP contribution in [0, 0.1) is 13.8 Å². The van der Waals surface area contributed by atoms with Crippen LogP contribution in [0.5, 0.6) is 0 Å². The molecule has 0 atom stereocenters. The van der Waals surface area contributed by atoms with E-state index < -0.39 is 0 Å². The first-order valence-corrected chi connectivity index (χ1v) is 16.6. The molecule has 47 heavy (non-hydrogen) atoms. The van der Waals surface area contributed by atoms with Crippen LogP contribution < -0.4 is 16.4 Å². The molecule has 2 aromatic heterocycles. The first-order chi connectivity index (χ1) is 23.2. The monoisotopic (exact) mass is 596 g/mol. The predicted octanol–water partition coefficient (Wildman–Crippen LogP) is 8.97. The maximum Gasteiger partial charge on any atom is 0.253 e. The molecule has 0 aliphatic carbocycles. The van der Waals surface area contributed by atoms with Gasteiger partial charge in [0, 0.05) is 38.6 Å². The summed E-state index contributed by atoms with van der Waals surface area (Å²) in [6.45, 7) is 4.73. The largest absolute Gasteiger partial charge is 0.310 e. The Kier molecular flexibility index (Phi) is 4.82. The van der Waals surface area contributed by atoms with Crippen molar-refractivity contribution in [2.75, 3.05) is 0 Å². The SMILES string of the molecule is Cc1cc(C)c2c3c1-n1c(-c4ccccc4)c(-c4ccccc4)c4cc5ccccc5c(c41)B3c1cccc3c4ccccc4n-2c13. The minimum atomic E-state index is 0.0994. The minimum Gasteiger partial charge on any atom is -0.310 e. The van der Waals surface area contributed by atoms with Crippen molar-refractivity contribution in [2.24, 2.45) is 0 Å². The maximum atomic E-state index is 2.65. The zero-order valence-corrected chi connectivity index (χ0v) is 26.3. The Hall–Kier alpha value is -5.80. The lowest BCUT2D eigenvalue weighted by Crippen LogP contribution is -2.60. The maximum absolute atomic E-state index is 2.65. The molecule has 3 heteroatoms. The van der Waals surface area contributed by atoms with Crippen molar-refractivity contribution in [3.8, 4) is 33.8 Å². The fraction of sp³-hybridized carbons (Fsp3) is 0.0455. The second-order valence-electron chi connectivity index (χ2n) is 13.3. The zero-order chi connectivity index (χ0) is 31.0. The number of nitrogens with zero attached hydrogens (tertiary/aromatic N) is 2. The molecule has 0 bridgehead atoms. The number of benzene rings is 7. The molecule has 4 heterocycles. The Morgan fingerprint density at radius 1 is 0.468 bits per heavy atom. The summed E-state index contributed by atoms with van der Waals surface area (Å²) in [4.78, 5) is 0. The first-order valence-electron chi connectivity index (χ1n) is 16.6. The number of fused-ring (bicyclic) bond motifs is 9. The average molecular weight is 597 g/mol. The highest BCUT2D eigenvalue weighted by Crippen LogP contribution is 2.47. The lowest BCUT2D eigenvalue weighted by atomic mass is 9.33. The number of hydrogen-bond donors (Lipinski definition) is 0. The van der Waals surface area contributed by atoms with E-state index in [1.807, 2.05) is 0 Å². The molecule has 0 fully saturated rings. The summed E-state index contributed by atoms with van der Waals surface area (Å²) >= 11 is 0. The third-order valence-electron chi connectivity index (χ3n) is 10.9. The van der Waals surface area contributed by atoms with Gasteiger partial charge in [0.25, 0.3) is 6.71 Å². The summed E-state index contributed by atoms with van der Waals surface area (Å²) in [5.74, 6) is 0. The van der Waals surface area contributed by atoms with Crippen molar-refractivity contribution in [1.82, 2.24) is 9.13 Å². The van der Waals surface area contributed by atoms with Gasteiger partial charge in [0.15, 0.2) is 0 Å². The van der Waals surface area contributed by atoms with Crippen LogP contribution in [0.1, 0.15) is 11.1 Å². The van der Waals surface area contributed by atoms with Crippen LogP contribution in [-0.2, 0) is 0 Å².